The first-order valence-corrected chi connectivity index (χ1v) is 9.14. The first kappa shape index (κ1) is 17.2. The lowest BCUT2D eigenvalue weighted by Crippen LogP contribution is -2.42. The van der Waals surface area contributed by atoms with Crippen molar-refractivity contribution >= 4 is 11.8 Å². The molecule has 0 aliphatic carbocycles. The van der Waals surface area contributed by atoms with Gasteiger partial charge in [-0.15, -0.1) is 0 Å². The SMILES string of the molecule is Cc1nccc(O[C@@H]2C(=O)N(C)[C@@H]3CN(C(=O)C4CCOCC4)C[C@H]23)n1. The minimum atomic E-state index is -0.605. The molecule has 0 bridgehead atoms. The summed E-state index contributed by atoms with van der Waals surface area (Å²) in [5.41, 5.74) is 0. The van der Waals surface area contributed by atoms with Gasteiger partial charge in [-0.1, -0.05) is 0 Å². The molecule has 4 heterocycles. The Balaban J connectivity index is 1.48. The molecule has 0 N–H and O–H groups in total. The van der Waals surface area contributed by atoms with Gasteiger partial charge in [0.05, 0.1) is 6.04 Å². The van der Waals surface area contributed by atoms with Crippen LogP contribution < -0.4 is 4.74 Å². The third-order valence-corrected chi connectivity index (χ3v) is 5.69. The average Bonchev–Trinajstić information content (AvgIpc) is 3.17. The monoisotopic (exact) mass is 360 g/mol. The van der Waals surface area contributed by atoms with Gasteiger partial charge in [-0.25, -0.2) is 4.98 Å². The molecule has 4 rings (SSSR count). The molecule has 0 aromatic carbocycles. The van der Waals surface area contributed by atoms with Crippen LogP contribution in [0, 0.1) is 18.8 Å². The molecule has 0 unspecified atom stereocenters. The molecular weight excluding hydrogens is 336 g/mol. The summed E-state index contributed by atoms with van der Waals surface area (Å²) < 4.78 is 11.3. The largest absolute Gasteiger partial charge is 0.464 e. The van der Waals surface area contributed by atoms with Crippen molar-refractivity contribution in [3.05, 3.63) is 18.1 Å². The molecule has 140 valence electrons. The quantitative estimate of drug-likeness (QED) is 0.769. The molecule has 0 radical (unpaired) electrons. The second kappa shape index (κ2) is 6.83. The van der Waals surface area contributed by atoms with Crippen molar-refractivity contribution in [3.63, 3.8) is 0 Å². The first-order chi connectivity index (χ1) is 12.5. The maximum absolute atomic E-state index is 12.8. The van der Waals surface area contributed by atoms with Gasteiger partial charge in [-0.3, -0.25) is 9.59 Å². The van der Waals surface area contributed by atoms with Gasteiger partial charge in [0.1, 0.15) is 5.82 Å². The van der Waals surface area contributed by atoms with Gasteiger partial charge in [0, 0.05) is 57.4 Å². The molecule has 3 aliphatic rings. The summed E-state index contributed by atoms with van der Waals surface area (Å²) in [5, 5.41) is 0. The zero-order chi connectivity index (χ0) is 18.3. The lowest BCUT2D eigenvalue weighted by atomic mass is 9.98. The number of likely N-dealkylation sites (N-methyl/N-ethyl adjacent to an activating group) is 1. The Morgan fingerprint density at radius 3 is 2.81 bits per heavy atom. The molecule has 2 amide bonds. The molecule has 3 aliphatic heterocycles. The summed E-state index contributed by atoms with van der Waals surface area (Å²) >= 11 is 0. The number of nitrogens with zero attached hydrogens (tertiary/aromatic N) is 4. The fraction of sp³-hybridized carbons (Fsp3) is 0.667. The van der Waals surface area contributed by atoms with Gasteiger partial charge in [0.15, 0.2) is 6.10 Å². The van der Waals surface area contributed by atoms with E-state index in [1.165, 1.54) is 0 Å². The predicted octanol–water partition coefficient (Wildman–Crippen LogP) is 0.258. The molecule has 1 aromatic rings. The molecule has 8 heteroatoms. The van der Waals surface area contributed by atoms with E-state index in [0.29, 0.717) is 38.0 Å². The lowest BCUT2D eigenvalue weighted by Gasteiger charge is -2.28. The Bertz CT molecular complexity index is 706. The maximum atomic E-state index is 12.8. The summed E-state index contributed by atoms with van der Waals surface area (Å²) in [6.45, 7) is 4.20. The predicted molar refractivity (Wildman–Crippen MR) is 91.4 cm³/mol. The topological polar surface area (TPSA) is 84.9 Å². The van der Waals surface area contributed by atoms with Crippen molar-refractivity contribution < 1.29 is 19.1 Å². The fourth-order valence-corrected chi connectivity index (χ4v) is 4.22. The number of hydrogen-bond acceptors (Lipinski definition) is 6. The Hall–Kier alpha value is -2.22. The number of fused-ring (bicyclic) bond motifs is 1. The van der Waals surface area contributed by atoms with Crippen LogP contribution >= 0.6 is 0 Å². The van der Waals surface area contributed by atoms with Gasteiger partial charge in [0.25, 0.3) is 5.91 Å². The highest BCUT2D eigenvalue weighted by molar-refractivity contribution is 5.86. The van der Waals surface area contributed by atoms with Crippen LogP contribution in [0.1, 0.15) is 18.7 Å². The highest BCUT2D eigenvalue weighted by atomic mass is 16.5. The number of ether oxygens (including phenoxy) is 2. The third kappa shape index (κ3) is 3.02. The normalized spacial score (nSPS) is 29.2. The van der Waals surface area contributed by atoms with E-state index in [2.05, 4.69) is 9.97 Å². The van der Waals surface area contributed by atoms with Crippen molar-refractivity contribution in [1.82, 2.24) is 19.8 Å². The van der Waals surface area contributed by atoms with Gasteiger partial charge < -0.3 is 19.3 Å². The van der Waals surface area contributed by atoms with Crippen LogP contribution in [-0.2, 0) is 14.3 Å². The first-order valence-electron chi connectivity index (χ1n) is 9.14. The van der Waals surface area contributed by atoms with Crippen molar-refractivity contribution in [1.29, 1.82) is 0 Å². The van der Waals surface area contributed by atoms with Crippen LogP contribution in [0.2, 0.25) is 0 Å². The molecule has 26 heavy (non-hydrogen) atoms. The van der Waals surface area contributed by atoms with E-state index in [1.807, 2.05) is 4.90 Å². The minimum absolute atomic E-state index is 0.000718. The Kier molecular flexibility index (Phi) is 4.52. The van der Waals surface area contributed by atoms with Crippen molar-refractivity contribution in [2.45, 2.75) is 31.9 Å². The lowest BCUT2D eigenvalue weighted by molar-refractivity contribution is -0.140. The van der Waals surface area contributed by atoms with Gasteiger partial charge in [0.2, 0.25) is 11.8 Å². The van der Waals surface area contributed by atoms with Crippen molar-refractivity contribution in [2.75, 3.05) is 33.4 Å². The van der Waals surface area contributed by atoms with Crippen molar-refractivity contribution in [2.24, 2.45) is 11.8 Å². The van der Waals surface area contributed by atoms with E-state index in [-0.39, 0.29) is 29.7 Å². The molecule has 8 nitrogen and oxygen atoms in total. The highest BCUT2D eigenvalue weighted by Gasteiger charge is 2.54. The number of aryl methyl sites for hydroxylation is 1. The third-order valence-electron chi connectivity index (χ3n) is 5.69. The summed E-state index contributed by atoms with van der Waals surface area (Å²) in [4.78, 5) is 37.4. The number of carbonyl (C=O) groups is 2. The minimum Gasteiger partial charge on any atom is -0.464 e. The molecule has 3 atom stereocenters. The Morgan fingerprint density at radius 2 is 2.08 bits per heavy atom. The van der Waals surface area contributed by atoms with E-state index >= 15 is 0 Å². The second-order valence-corrected chi connectivity index (χ2v) is 7.29. The van der Waals surface area contributed by atoms with E-state index in [4.69, 9.17) is 9.47 Å². The number of rotatable bonds is 3. The average molecular weight is 360 g/mol. The van der Waals surface area contributed by atoms with Gasteiger partial charge >= 0.3 is 0 Å². The van der Waals surface area contributed by atoms with Crippen LogP contribution in [0.25, 0.3) is 0 Å². The van der Waals surface area contributed by atoms with Crippen LogP contribution in [0.3, 0.4) is 0 Å². The van der Waals surface area contributed by atoms with Gasteiger partial charge in [-0.05, 0) is 19.8 Å². The summed E-state index contributed by atoms with van der Waals surface area (Å²) in [7, 11) is 1.79. The molecule has 1 aromatic heterocycles. The second-order valence-electron chi connectivity index (χ2n) is 7.29. The van der Waals surface area contributed by atoms with Crippen LogP contribution in [0.4, 0.5) is 0 Å². The standard InChI is InChI=1S/C18H24N4O4/c1-11-19-6-3-15(20-11)26-16-13-9-22(10-14(13)21(2)18(16)24)17(23)12-4-7-25-8-5-12/h3,6,12-14,16H,4-5,7-10H2,1-2H3/t13-,14+,16-/m0/s1. The maximum Gasteiger partial charge on any atom is 0.264 e. The summed E-state index contributed by atoms with van der Waals surface area (Å²) in [6, 6.07) is 1.66. The smallest absolute Gasteiger partial charge is 0.264 e. The number of hydrogen-bond donors (Lipinski definition) is 0. The van der Waals surface area contributed by atoms with Crippen LogP contribution in [0.15, 0.2) is 12.3 Å². The summed E-state index contributed by atoms with van der Waals surface area (Å²) in [6.07, 6.45) is 2.57. The van der Waals surface area contributed by atoms with E-state index in [0.717, 1.165) is 12.8 Å². The van der Waals surface area contributed by atoms with Crippen LogP contribution in [0.5, 0.6) is 5.88 Å². The zero-order valence-corrected chi connectivity index (χ0v) is 15.1. The van der Waals surface area contributed by atoms with Crippen molar-refractivity contribution in [3.8, 4) is 5.88 Å². The molecule has 0 spiro atoms. The number of likely N-dealkylation sites (tertiary alicyclic amines) is 2. The van der Waals surface area contributed by atoms with E-state index in [9.17, 15) is 9.59 Å². The fourth-order valence-electron chi connectivity index (χ4n) is 4.22. The molecule has 3 fully saturated rings. The highest BCUT2D eigenvalue weighted by Crippen LogP contribution is 2.35. The van der Waals surface area contributed by atoms with Gasteiger partial charge in [-0.2, -0.15) is 4.98 Å². The number of amides is 2. The number of carbonyl (C=O) groups excluding carboxylic acids is 2. The Morgan fingerprint density at radius 1 is 1.31 bits per heavy atom. The van der Waals surface area contributed by atoms with E-state index in [1.54, 1.807) is 31.1 Å². The molecular formula is C18H24N4O4. The zero-order valence-electron chi connectivity index (χ0n) is 15.1. The molecule has 3 saturated heterocycles. The number of aromatic nitrogens is 2. The van der Waals surface area contributed by atoms with Crippen LogP contribution in [-0.4, -0.2) is 77.1 Å². The molecule has 0 saturated carbocycles. The summed E-state index contributed by atoms with van der Waals surface area (Å²) in [5.74, 6) is 1.13. The Labute approximate surface area is 152 Å². The van der Waals surface area contributed by atoms with E-state index < -0.39 is 6.10 Å².